The Labute approximate surface area is 171 Å². The minimum atomic E-state index is -4.46. The number of alkyl halides is 3. The summed E-state index contributed by atoms with van der Waals surface area (Å²) < 4.78 is 38.5. The zero-order valence-corrected chi connectivity index (χ0v) is 16.8. The molecule has 1 fully saturated rings. The molecule has 9 heteroatoms. The van der Waals surface area contributed by atoms with Crippen LogP contribution in [-0.4, -0.2) is 26.1 Å². The molecule has 3 aromatic heterocycles. The van der Waals surface area contributed by atoms with Gasteiger partial charge in [0, 0.05) is 23.5 Å². The number of aromatic nitrogens is 4. The van der Waals surface area contributed by atoms with Crippen LogP contribution in [0.25, 0.3) is 0 Å². The standard InChI is InChI=1S/C21H22F3N5O/c1-11-8-16(29-28-11)13(3)27-19(30)18-12(2)15(10-26-18)20(6-7-20)14-4-5-17(25-9-14)21(22,23)24/h4-5,8-10,13,26H,6-7H2,1-3H3,(H,27,30)(H,28,29). The van der Waals surface area contributed by atoms with Gasteiger partial charge in [-0.15, -0.1) is 0 Å². The van der Waals surface area contributed by atoms with E-state index in [1.807, 2.05) is 26.8 Å². The molecular weight excluding hydrogens is 395 g/mol. The predicted octanol–water partition coefficient (Wildman–Crippen LogP) is 4.34. The van der Waals surface area contributed by atoms with Crippen LogP contribution in [0.2, 0.25) is 0 Å². The summed E-state index contributed by atoms with van der Waals surface area (Å²) >= 11 is 0. The highest BCUT2D eigenvalue weighted by Crippen LogP contribution is 2.54. The molecule has 6 nitrogen and oxygen atoms in total. The number of aromatic amines is 2. The third kappa shape index (κ3) is 3.48. The second kappa shape index (κ2) is 7.00. The number of pyridine rings is 1. The maximum Gasteiger partial charge on any atom is 0.433 e. The Balaban J connectivity index is 1.56. The SMILES string of the molecule is Cc1cc(C(C)NC(=O)c2[nH]cc(C3(c4ccc(C(F)(F)F)nc4)CC3)c2C)n[nH]1. The van der Waals surface area contributed by atoms with Crippen molar-refractivity contribution in [3.63, 3.8) is 0 Å². The molecule has 0 saturated heterocycles. The summed E-state index contributed by atoms with van der Waals surface area (Å²) in [7, 11) is 0. The summed E-state index contributed by atoms with van der Waals surface area (Å²) in [5, 5.41) is 9.94. The molecule has 1 aliphatic rings. The number of rotatable bonds is 5. The minimum absolute atomic E-state index is 0.256. The lowest BCUT2D eigenvalue weighted by Crippen LogP contribution is -2.27. The Kier molecular flexibility index (Phi) is 4.71. The first-order valence-corrected chi connectivity index (χ1v) is 9.67. The lowest BCUT2D eigenvalue weighted by Gasteiger charge is -2.17. The maximum absolute atomic E-state index is 12.8. The largest absolute Gasteiger partial charge is 0.433 e. The van der Waals surface area contributed by atoms with Gasteiger partial charge in [0.2, 0.25) is 0 Å². The molecule has 0 aliphatic heterocycles. The molecule has 0 bridgehead atoms. The van der Waals surface area contributed by atoms with E-state index in [0.29, 0.717) is 5.69 Å². The highest BCUT2D eigenvalue weighted by atomic mass is 19.4. The molecule has 3 heterocycles. The summed E-state index contributed by atoms with van der Waals surface area (Å²) in [6.07, 6.45) is 0.196. The van der Waals surface area contributed by atoms with Crippen molar-refractivity contribution in [2.75, 3.05) is 0 Å². The summed E-state index contributed by atoms with van der Waals surface area (Å²) in [5.74, 6) is -0.256. The fourth-order valence-electron chi connectivity index (χ4n) is 3.92. The van der Waals surface area contributed by atoms with Gasteiger partial charge < -0.3 is 10.3 Å². The molecule has 1 amide bonds. The van der Waals surface area contributed by atoms with Crippen LogP contribution in [0.3, 0.4) is 0 Å². The lowest BCUT2D eigenvalue weighted by atomic mass is 9.88. The van der Waals surface area contributed by atoms with Gasteiger partial charge in [-0.25, -0.2) is 0 Å². The summed E-state index contributed by atoms with van der Waals surface area (Å²) in [4.78, 5) is 19.4. The average molecular weight is 417 g/mol. The van der Waals surface area contributed by atoms with Gasteiger partial charge in [0.1, 0.15) is 11.4 Å². The van der Waals surface area contributed by atoms with Crippen LogP contribution >= 0.6 is 0 Å². The lowest BCUT2D eigenvalue weighted by molar-refractivity contribution is -0.141. The molecule has 0 aromatic carbocycles. The molecule has 3 N–H and O–H groups in total. The van der Waals surface area contributed by atoms with Gasteiger partial charge in [-0.05, 0) is 62.4 Å². The summed E-state index contributed by atoms with van der Waals surface area (Å²) in [6.45, 7) is 5.59. The first kappa shape index (κ1) is 20.2. The Bertz CT molecular complexity index is 1080. The fraction of sp³-hybridized carbons (Fsp3) is 0.381. The molecule has 1 unspecified atom stereocenters. The third-order valence-corrected chi connectivity index (χ3v) is 5.76. The Hall–Kier alpha value is -3.10. The number of hydrogen-bond donors (Lipinski definition) is 3. The number of H-pyrrole nitrogens is 2. The van der Waals surface area contributed by atoms with Gasteiger partial charge in [0.25, 0.3) is 5.91 Å². The number of nitrogens with one attached hydrogen (secondary N) is 3. The molecule has 1 saturated carbocycles. The van der Waals surface area contributed by atoms with Crippen molar-refractivity contribution in [2.45, 2.75) is 51.2 Å². The van der Waals surface area contributed by atoms with Crippen molar-refractivity contribution in [2.24, 2.45) is 0 Å². The summed E-state index contributed by atoms with van der Waals surface area (Å²) in [6, 6.07) is 4.09. The smallest absolute Gasteiger partial charge is 0.357 e. The molecular formula is C21H22F3N5O. The van der Waals surface area contributed by atoms with Crippen LogP contribution in [0.15, 0.2) is 30.6 Å². The van der Waals surface area contributed by atoms with Crippen molar-refractivity contribution >= 4 is 5.91 Å². The first-order chi connectivity index (χ1) is 14.1. The van der Waals surface area contributed by atoms with E-state index < -0.39 is 17.3 Å². The van der Waals surface area contributed by atoms with E-state index in [1.54, 1.807) is 6.20 Å². The third-order valence-electron chi connectivity index (χ3n) is 5.76. The zero-order chi connectivity index (χ0) is 21.7. The van der Waals surface area contributed by atoms with Gasteiger partial charge in [-0.1, -0.05) is 6.07 Å². The Morgan fingerprint density at radius 3 is 2.53 bits per heavy atom. The van der Waals surface area contributed by atoms with Gasteiger partial charge in [-0.3, -0.25) is 14.9 Å². The van der Waals surface area contributed by atoms with Crippen LogP contribution in [0.4, 0.5) is 13.2 Å². The number of aryl methyl sites for hydroxylation is 1. The quantitative estimate of drug-likeness (QED) is 0.577. The molecule has 0 radical (unpaired) electrons. The van der Waals surface area contributed by atoms with Crippen LogP contribution in [0.1, 0.15) is 70.1 Å². The average Bonchev–Trinajstić information content (AvgIpc) is 3.21. The van der Waals surface area contributed by atoms with Crippen molar-refractivity contribution in [1.29, 1.82) is 0 Å². The van der Waals surface area contributed by atoms with E-state index in [0.717, 1.165) is 47.0 Å². The normalized spacial score (nSPS) is 16.3. The number of hydrogen-bond acceptors (Lipinski definition) is 3. The van der Waals surface area contributed by atoms with Gasteiger partial charge in [-0.2, -0.15) is 18.3 Å². The van der Waals surface area contributed by atoms with E-state index in [2.05, 4.69) is 25.5 Å². The van der Waals surface area contributed by atoms with E-state index in [1.165, 1.54) is 12.3 Å². The fourth-order valence-corrected chi connectivity index (χ4v) is 3.92. The Morgan fingerprint density at radius 1 is 1.27 bits per heavy atom. The van der Waals surface area contributed by atoms with Gasteiger partial charge in [0.05, 0.1) is 11.7 Å². The van der Waals surface area contributed by atoms with E-state index in [9.17, 15) is 18.0 Å². The van der Waals surface area contributed by atoms with Crippen molar-refractivity contribution in [1.82, 2.24) is 25.5 Å². The number of amides is 1. The number of carbonyl (C=O) groups excluding carboxylic acids is 1. The molecule has 158 valence electrons. The second-order valence-electron chi connectivity index (χ2n) is 7.89. The van der Waals surface area contributed by atoms with Crippen molar-refractivity contribution < 1.29 is 18.0 Å². The number of carbonyl (C=O) groups is 1. The van der Waals surface area contributed by atoms with Crippen LogP contribution in [-0.2, 0) is 11.6 Å². The second-order valence-corrected chi connectivity index (χ2v) is 7.89. The highest BCUT2D eigenvalue weighted by molar-refractivity contribution is 5.94. The zero-order valence-electron chi connectivity index (χ0n) is 16.8. The molecule has 0 spiro atoms. The van der Waals surface area contributed by atoms with Crippen LogP contribution < -0.4 is 5.32 Å². The van der Waals surface area contributed by atoms with Crippen LogP contribution in [0, 0.1) is 13.8 Å². The predicted molar refractivity (Wildman–Crippen MR) is 104 cm³/mol. The Morgan fingerprint density at radius 2 is 2.00 bits per heavy atom. The monoisotopic (exact) mass is 417 g/mol. The molecule has 1 atom stereocenters. The van der Waals surface area contributed by atoms with Crippen LogP contribution in [0.5, 0.6) is 0 Å². The number of nitrogens with zero attached hydrogens (tertiary/aromatic N) is 2. The van der Waals surface area contributed by atoms with E-state index >= 15 is 0 Å². The van der Waals surface area contributed by atoms with Gasteiger partial charge >= 0.3 is 6.18 Å². The minimum Gasteiger partial charge on any atom is -0.357 e. The molecule has 4 rings (SSSR count). The summed E-state index contributed by atoms with van der Waals surface area (Å²) in [5.41, 5.74) is 3.20. The van der Waals surface area contributed by atoms with Crippen molar-refractivity contribution in [3.05, 3.63) is 70.1 Å². The maximum atomic E-state index is 12.8. The van der Waals surface area contributed by atoms with Crippen molar-refractivity contribution in [3.8, 4) is 0 Å². The highest BCUT2D eigenvalue weighted by Gasteiger charge is 2.48. The topological polar surface area (TPSA) is 86.5 Å². The molecule has 3 aromatic rings. The molecule has 1 aliphatic carbocycles. The van der Waals surface area contributed by atoms with E-state index in [-0.39, 0.29) is 11.9 Å². The van der Waals surface area contributed by atoms with Gasteiger partial charge in [0.15, 0.2) is 0 Å². The first-order valence-electron chi connectivity index (χ1n) is 9.67. The van der Waals surface area contributed by atoms with E-state index in [4.69, 9.17) is 0 Å². The molecule has 30 heavy (non-hydrogen) atoms. The number of halogens is 3.